The van der Waals surface area contributed by atoms with Crippen LogP contribution in [0.1, 0.15) is 32.2 Å². The van der Waals surface area contributed by atoms with Crippen molar-refractivity contribution < 1.29 is 23.1 Å². The fraction of sp³-hybridized carbons (Fsp3) is 0.333. The number of carbonyl (C=O) groups is 2. The van der Waals surface area contributed by atoms with Crippen molar-refractivity contribution in [2.24, 2.45) is 7.05 Å². The lowest BCUT2D eigenvalue weighted by atomic mass is 10.0. The Bertz CT molecular complexity index is 1640. The quantitative estimate of drug-likeness (QED) is 0.330. The molecule has 4 aromatic rings. The average Bonchev–Trinajstić information content (AvgIpc) is 3.55. The Hall–Kier alpha value is -4.42. The molecular formula is C30H33F2N7O3. The molecule has 2 aromatic carbocycles. The van der Waals surface area contributed by atoms with Crippen LogP contribution in [0.15, 0.2) is 42.7 Å². The first-order chi connectivity index (χ1) is 20.2. The third kappa shape index (κ3) is 5.68. The van der Waals surface area contributed by atoms with E-state index in [4.69, 9.17) is 4.74 Å². The van der Waals surface area contributed by atoms with E-state index in [0.717, 1.165) is 18.7 Å². The van der Waals surface area contributed by atoms with Gasteiger partial charge >= 0.3 is 0 Å². The number of aryl methyl sites for hydroxylation is 2. The number of benzene rings is 2. The molecule has 0 unspecified atom stereocenters. The Kier molecular flexibility index (Phi) is 8.46. The number of halogens is 2. The van der Waals surface area contributed by atoms with Crippen molar-refractivity contribution in [1.29, 1.82) is 0 Å². The molecule has 220 valence electrons. The summed E-state index contributed by atoms with van der Waals surface area (Å²) in [6.45, 7) is 7.27. The summed E-state index contributed by atoms with van der Waals surface area (Å²) in [6, 6.07) is 8.05. The van der Waals surface area contributed by atoms with E-state index >= 15 is 8.78 Å². The number of nitrogens with one attached hydrogen (secondary N) is 2. The molecule has 2 amide bonds. The fourth-order valence-corrected chi connectivity index (χ4v) is 5.11. The molecule has 2 N–H and O–H groups in total. The predicted octanol–water partition coefficient (Wildman–Crippen LogP) is 3.79. The first kappa shape index (κ1) is 29.1. The molecule has 0 saturated carbocycles. The highest BCUT2D eigenvalue weighted by Gasteiger charge is 2.24. The summed E-state index contributed by atoms with van der Waals surface area (Å²) in [5.41, 5.74) is 3.14. The predicted molar refractivity (Wildman–Crippen MR) is 154 cm³/mol. The van der Waals surface area contributed by atoms with E-state index in [1.54, 1.807) is 55.1 Å². The van der Waals surface area contributed by atoms with Crippen LogP contribution in [0.4, 0.5) is 14.5 Å². The number of hydrogen-bond donors (Lipinski definition) is 2. The molecule has 3 heterocycles. The lowest BCUT2D eigenvalue weighted by Gasteiger charge is -2.28. The number of amides is 2. The Balaban J connectivity index is 1.34. The zero-order chi connectivity index (χ0) is 30.0. The second-order valence-corrected chi connectivity index (χ2v) is 10.2. The molecule has 2 aromatic heterocycles. The summed E-state index contributed by atoms with van der Waals surface area (Å²) in [5, 5.41) is 10.4. The number of carbonyl (C=O) groups excluding carboxylic acids is 2. The van der Waals surface area contributed by atoms with E-state index in [0.29, 0.717) is 48.7 Å². The number of hydrogen-bond acceptors (Lipinski definition) is 6. The number of nitrogens with zero attached hydrogens (tertiary/aromatic N) is 5. The maximum absolute atomic E-state index is 15.4. The minimum Gasteiger partial charge on any atom is -0.383 e. The Morgan fingerprint density at radius 3 is 2.48 bits per heavy atom. The Labute approximate surface area is 242 Å². The molecule has 10 nitrogen and oxygen atoms in total. The van der Waals surface area contributed by atoms with Crippen molar-refractivity contribution in [1.82, 2.24) is 29.5 Å². The molecule has 12 heteroatoms. The Morgan fingerprint density at radius 2 is 1.76 bits per heavy atom. The van der Waals surface area contributed by atoms with Crippen LogP contribution in [0.2, 0.25) is 0 Å². The molecule has 5 rings (SSSR count). The molecule has 0 radical (unpaired) electrons. The van der Waals surface area contributed by atoms with Gasteiger partial charge in [0.05, 0.1) is 30.7 Å². The zero-order valence-electron chi connectivity index (χ0n) is 24.0. The highest BCUT2D eigenvalue weighted by Crippen LogP contribution is 2.33. The van der Waals surface area contributed by atoms with E-state index in [9.17, 15) is 9.59 Å². The molecule has 1 aliphatic heterocycles. The van der Waals surface area contributed by atoms with Crippen molar-refractivity contribution in [2.75, 3.05) is 45.2 Å². The molecule has 0 spiro atoms. The van der Waals surface area contributed by atoms with Gasteiger partial charge in [0.25, 0.3) is 11.8 Å². The van der Waals surface area contributed by atoms with E-state index in [1.165, 1.54) is 22.9 Å². The first-order valence-corrected chi connectivity index (χ1v) is 13.6. The van der Waals surface area contributed by atoms with Crippen molar-refractivity contribution in [2.45, 2.75) is 20.4 Å². The van der Waals surface area contributed by atoms with Crippen molar-refractivity contribution in [3.05, 3.63) is 77.0 Å². The summed E-state index contributed by atoms with van der Waals surface area (Å²) in [7, 11) is 3.14. The van der Waals surface area contributed by atoms with Crippen LogP contribution in [-0.4, -0.2) is 75.9 Å². The molecule has 42 heavy (non-hydrogen) atoms. The normalized spacial score (nSPS) is 13.4. The molecule has 0 atom stereocenters. The third-order valence-electron chi connectivity index (χ3n) is 7.43. The number of piperazine rings is 1. The first-order valence-electron chi connectivity index (χ1n) is 13.6. The van der Waals surface area contributed by atoms with Crippen LogP contribution in [0, 0.1) is 25.5 Å². The van der Waals surface area contributed by atoms with Crippen molar-refractivity contribution in [3.8, 4) is 22.4 Å². The highest BCUT2D eigenvalue weighted by atomic mass is 19.2. The number of anilines is 1. The van der Waals surface area contributed by atoms with Crippen molar-refractivity contribution >= 4 is 17.5 Å². The number of methoxy groups -OCH3 is 1. The minimum atomic E-state index is -1.05. The Morgan fingerprint density at radius 1 is 1.05 bits per heavy atom. The lowest BCUT2D eigenvalue weighted by Crippen LogP contribution is -2.46. The van der Waals surface area contributed by atoms with Gasteiger partial charge in [0.15, 0.2) is 17.5 Å². The summed E-state index contributed by atoms with van der Waals surface area (Å²) in [4.78, 5) is 32.0. The summed E-state index contributed by atoms with van der Waals surface area (Å²) in [5.74, 6) is -2.62. The van der Waals surface area contributed by atoms with Crippen molar-refractivity contribution in [3.63, 3.8) is 0 Å². The molecule has 1 fully saturated rings. The van der Waals surface area contributed by atoms with E-state index in [-0.39, 0.29) is 28.6 Å². The van der Waals surface area contributed by atoms with E-state index < -0.39 is 17.5 Å². The van der Waals surface area contributed by atoms with Gasteiger partial charge < -0.3 is 24.8 Å². The molecule has 0 bridgehead atoms. The van der Waals surface area contributed by atoms with Crippen LogP contribution >= 0.6 is 0 Å². The summed E-state index contributed by atoms with van der Waals surface area (Å²) >= 11 is 0. The number of rotatable bonds is 8. The van der Waals surface area contributed by atoms with E-state index in [2.05, 4.69) is 20.7 Å². The zero-order valence-corrected chi connectivity index (χ0v) is 24.0. The van der Waals surface area contributed by atoms with Crippen LogP contribution in [0.3, 0.4) is 0 Å². The standard InChI is InChI=1S/C30H33F2N7O3/c1-18-15-20(5-6-21(18)30(41)38-11-9-33-10-12-38)35-29(40)28-34-16-25(37(28)3)23-8-7-22(26(31)27(23)32)24-17-39(13-14-42-4)36-19(24)2/h5-8,15-17,33H,9-14H2,1-4H3,(H,35,40). The molecule has 0 aliphatic carbocycles. The van der Waals surface area contributed by atoms with Gasteiger partial charge in [-0.3, -0.25) is 14.3 Å². The number of aromatic nitrogens is 4. The van der Waals surface area contributed by atoms with Gasteiger partial charge in [-0.1, -0.05) is 6.07 Å². The monoisotopic (exact) mass is 577 g/mol. The van der Waals surface area contributed by atoms with Crippen LogP contribution in [-0.2, 0) is 18.3 Å². The molecule has 1 aliphatic rings. The summed E-state index contributed by atoms with van der Waals surface area (Å²) in [6.07, 6.45) is 2.99. The third-order valence-corrected chi connectivity index (χ3v) is 7.43. The van der Waals surface area contributed by atoms with Crippen LogP contribution < -0.4 is 10.6 Å². The van der Waals surface area contributed by atoms with Gasteiger partial charge in [-0.25, -0.2) is 13.8 Å². The molecule has 1 saturated heterocycles. The van der Waals surface area contributed by atoms with Gasteiger partial charge in [-0.05, 0) is 43.7 Å². The average molecular weight is 578 g/mol. The number of imidazole rings is 1. The van der Waals surface area contributed by atoms with Gasteiger partial charge in [-0.2, -0.15) is 5.10 Å². The van der Waals surface area contributed by atoms with Gasteiger partial charge in [0.2, 0.25) is 0 Å². The van der Waals surface area contributed by atoms with E-state index in [1.807, 2.05) is 6.92 Å². The fourth-order valence-electron chi connectivity index (χ4n) is 5.11. The topological polar surface area (TPSA) is 106 Å². The smallest absolute Gasteiger partial charge is 0.291 e. The lowest BCUT2D eigenvalue weighted by molar-refractivity contribution is 0.0735. The molecular weight excluding hydrogens is 544 g/mol. The second kappa shape index (κ2) is 12.2. The maximum Gasteiger partial charge on any atom is 0.291 e. The van der Waals surface area contributed by atoms with Gasteiger partial charge in [0.1, 0.15) is 0 Å². The van der Waals surface area contributed by atoms with Gasteiger partial charge in [0, 0.05) is 74.5 Å². The van der Waals surface area contributed by atoms with Crippen LogP contribution in [0.25, 0.3) is 22.4 Å². The van der Waals surface area contributed by atoms with Gasteiger partial charge in [-0.15, -0.1) is 0 Å². The summed E-state index contributed by atoms with van der Waals surface area (Å²) < 4.78 is 38.8. The maximum atomic E-state index is 15.4. The van der Waals surface area contributed by atoms with Crippen LogP contribution in [0.5, 0.6) is 0 Å². The SMILES string of the molecule is COCCn1cc(-c2ccc(-c3cnc(C(=O)Nc4ccc(C(=O)N5CCNCC5)c(C)c4)n3C)c(F)c2F)c(C)n1. The largest absolute Gasteiger partial charge is 0.383 e. The highest BCUT2D eigenvalue weighted by molar-refractivity contribution is 6.03. The second-order valence-electron chi connectivity index (χ2n) is 10.2. The minimum absolute atomic E-state index is 0.0165. The number of ether oxygens (including phenoxy) is 1.